The van der Waals surface area contributed by atoms with Crippen LogP contribution in [0.3, 0.4) is 0 Å². The van der Waals surface area contributed by atoms with Crippen LogP contribution in [0.1, 0.15) is 0 Å². The predicted molar refractivity (Wildman–Crippen MR) is 96.8 cm³/mol. The van der Waals surface area contributed by atoms with Crippen molar-refractivity contribution in [1.29, 1.82) is 0 Å². The van der Waals surface area contributed by atoms with Crippen LogP contribution in [0.15, 0.2) is 30.5 Å². The molecule has 1 aromatic carbocycles. The second kappa shape index (κ2) is 6.70. The van der Waals surface area contributed by atoms with E-state index in [1.807, 2.05) is 6.20 Å². The molecule has 3 aromatic rings. The highest BCUT2D eigenvalue weighted by molar-refractivity contribution is 7.20. The summed E-state index contributed by atoms with van der Waals surface area (Å²) in [6.07, 6.45) is 2.08. The number of likely N-dealkylation sites (N-methyl/N-ethyl adjacent to an activating group) is 1. The van der Waals surface area contributed by atoms with Crippen molar-refractivity contribution in [3.8, 4) is 11.3 Å². The Labute approximate surface area is 149 Å². The van der Waals surface area contributed by atoms with Gasteiger partial charge in [0.1, 0.15) is 5.82 Å². The molecule has 1 saturated heterocycles. The van der Waals surface area contributed by atoms with E-state index >= 15 is 0 Å². The van der Waals surface area contributed by atoms with Gasteiger partial charge in [0.05, 0.1) is 24.6 Å². The average Bonchev–Trinajstić information content (AvgIpc) is 3.14. The predicted octanol–water partition coefficient (Wildman–Crippen LogP) is 2.36. The number of halogens is 1. The van der Waals surface area contributed by atoms with Crippen molar-refractivity contribution in [3.05, 3.63) is 36.3 Å². The lowest BCUT2D eigenvalue weighted by molar-refractivity contribution is 0.0247. The molecule has 132 valence electrons. The molecule has 0 bridgehead atoms. The van der Waals surface area contributed by atoms with Gasteiger partial charge < -0.3 is 14.5 Å². The van der Waals surface area contributed by atoms with Gasteiger partial charge in [-0.2, -0.15) is 0 Å². The van der Waals surface area contributed by atoms with E-state index in [-0.39, 0.29) is 11.9 Å². The maximum Gasteiger partial charge on any atom is 0.214 e. The monoisotopic (exact) mass is 361 g/mol. The van der Waals surface area contributed by atoms with E-state index in [2.05, 4.69) is 34.0 Å². The number of nitrogens with zero attached hydrogens (tertiary/aromatic N) is 5. The summed E-state index contributed by atoms with van der Waals surface area (Å²) < 4.78 is 20.7. The summed E-state index contributed by atoms with van der Waals surface area (Å²) in [5.41, 5.74) is 1.69. The molecule has 2 aromatic heterocycles. The van der Waals surface area contributed by atoms with E-state index in [0.717, 1.165) is 41.0 Å². The molecule has 6 nitrogen and oxygen atoms in total. The molecular formula is C17H20FN5OS. The Kier molecular flexibility index (Phi) is 4.41. The normalized spacial score (nSPS) is 18.4. The fourth-order valence-electron chi connectivity index (χ4n) is 2.99. The summed E-state index contributed by atoms with van der Waals surface area (Å²) in [5, 5.41) is 5.63. The quantitative estimate of drug-likeness (QED) is 0.714. The highest BCUT2D eigenvalue weighted by Crippen LogP contribution is 2.27. The SMILES string of the molecule is CN(C)CC1CN(c2nn3cc(-c4ccc(F)cc4)nc3s2)CCO1. The van der Waals surface area contributed by atoms with Gasteiger partial charge >= 0.3 is 0 Å². The fraction of sp³-hybridized carbons (Fsp3) is 0.412. The Balaban J connectivity index is 1.54. The summed E-state index contributed by atoms with van der Waals surface area (Å²) in [6.45, 7) is 3.28. The summed E-state index contributed by atoms with van der Waals surface area (Å²) >= 11 is 1.57. The topological polar surface area (TPSA) is 45.9 Å². The van der Waals surface area contributed by atoms with Gasteiger partial charge in [0.2, 0.25) is 10.1 Å². The molecule has 0 aliphatic carbocycles. The van der Waals surface area contributed by atoms with Crippen molar-refractivity contribution in [2.45, 2.75) is 6.10 Å². The van der Waals surface area contributed by atoms with Crippen molar-refractivity contribution in [2.75, 3.05) is 45.2 Å². The lowest BCUT2D eigenvalue weighted by atomic mass is 10.2. The molecule has 0 saturated carbocycles. The third-order valence-electron chi connectivity index (χ3n) is 4.15. The summed E-state index contributed by atoms with van der Waals surface area (Å²) in [7, 11) is 4.10. The number of aromatic nitrogens is 3. The van der Waals surface area contributed by atoms with E-state index in [1.165, 1.54) is 12.1 Å². The standard InChI is InChI=1S/C17H20FN5OS/c1-21(2)9-14-10-22(7-8-24-14)17-20-23-11-15(19-16(23)25-17)12-3-5-13(18)6-4-12/h3-6,11,14H,7-10H2,1-2H3. The van der Waals surface area contributed by atoms with Crippen LogP contribution in [-0.4, -0.2) is 65.9 Å². The number of anilines is 1. The zero-order valence-corrected chi connectivity index (χ0v) is 15.0. The van der Waals surface area contributed by atoms with E-state index in [9.17, 15) is 4.39 Å². The second-order valence-electron chi connectivity index (χ2n) is 6.45. The van der Waals surface area contributed by atoms with Gasteiger partial charge in [-0.1, -0.05) is 11.3 Å². The maximum atomic E-state index is 13.1. The molecule has 0 radical (unpaired) electrons. The largest absolute Gasteiger partial charge is 0.373 e. The van der Waals surface area contributed by atoms with Crippen LogP contribution in [-0.2, 0) is 4.74 Å². The van der Waals surface area contributed by atoms with Crippen LogP contribution in [0.4, 0.5) is 9.52 Å². The van der Waals surface area contributed by atoms with E-state index in [0.29, 0.717) is 6.61 Å². The number of hydrogen-bond donors (Lipinski definition) is 0. The smallest absolute Gasteiger partial charge is 0.214 e. The molecular weight excluding hydrogens is 341 g/mol. The number of morpholine rings is 1. The molecule has 0 amide bonds. The number of benzene rings is 1. The molecule has 3 heterocycles. The highest BCUT2D eigenvalue weighted by atomic mass is 32.1. The minimum absolute atomic E-state index is 0.190. The lowest BCUT2D eigenvalue weighted by Gasteiger charge is -2.33. The van der Waals surface area contributed by atoms with Gasteiger partial charge in [-0.15, -0.1) is 5.10 Å². The average molecular weight is 361 g/mol. The minimum atomic E-state index is -0.246. The van der Waals surface area contributed by atoms with E-state index < -0.39 is 0 Å². The van der Waals surface area contributed by atoms with Crippen molar-refractivity contribution < 1.29 is 9.13 Å². The number of rotatable bonds is 4. The van der Waals surface area contributed by atoms with Crippen LogP contribution in [0.25, 0.3) is 16.2 Å². The van der Waals surface area contributed by atoms with Crippen molar-refractivity contribution in [2.24, 2.45) is 0 Å². The number of hydrogen-bond acceptors (Lipinski definition) is 6. The molecule has 1 aliphatic heterocycles. The van der Waals surface area contributed by atoms with Crippen molar-refractivity contribution in [1.82, 2.24) is 19.5 Å². The van der Waals surface area contributed by atoms with Gasteiger partial charge in [0.15, 0.2) is 0 Å². The van der Waals surface area contributed by atoms with Crippen molar-refractivity contribution in [3.63, 3.8) is 0 Å². The van der Waals surface area contributed by atoms with Gasteiger partial charge in [0, 0.05) is 25.2 Å². The highest BCUT2D eigenvalue weighted by Gasteiger charge is 2.24. The summed E-state index contributed by atoms with van der Waals surface area (Å²) in [5.74, 6) is -0.246. The van der Waals surface area contributed by atoms with Crippen LogP contribution in [0, 0.1) is 5.82 Å². The Morgan fingerprint density at radius 2 is 2.12 bits per heavy atom. The molecule has 0 N–H and O–H groups in total. The summed E-state index contributed by atoms with van der Waals surface area (Å²) in [6, 6.07) is 6.35. The van der Waals surface area contributed by atoms with Gasteiger partial charge in [0.25, 0.3) is 0 Å². The van der Waals surface area contributed by atoms with E-state index in [4.69, 9.17) is 4.74 Å². The molecule has 1 unspecified atom stereocenters. The molecule has 1 aliphatic rings. The number of ether oxygens (including phenoxy) is 1. The molecule has 1 fully saturated rings. The molecule has 25 heavy (non-hydrogen) atoms. The molecule has 4 rings (SSSR count). The zero-order valence-electron chi connectivity index (χ0n) is 14.2. The fourth-order valence-corrected chi connectivity index (χ4v) is 3.91. The Bertz CT molecular complexity index is 828. The van der Waals surface area contributed by atoms with Crippen LogP contribution in [0.5, 0.6) is 0 Å². The van der Waals surface area contributed by atoms with Crippen LogP contribution >= 0.6 is 11.3 Å². The Morgan fingerprint density at radius 1 is 1.32 bits per heavy atom. The Morgan fingerprint density at radius 3 is 2.84 bits per heavy atom. The van der Waals surface area contributed by atoms with Crippen LogP contribution in [0.2, 0.25) is 0 Å². The molecule has 8 heteroatoms. The van der Waals surface area contributed by atoms with E-state index in [1.54, 1.807) is 28.0 Å². The maximum absolute atomic E-state index is 13.1. The van der Waals surface area contributed by atoms with Gasteiger partial charge in [-0.05, 0) is 38.4 Å². The first-order valence-corrected chi connectivity index (χ1v) is 9.03. The second-order valence-corrected chi connectivity index (χ2v) is 7.38. The first kappa shape index (κ1) is 16.4. The first-order valence-electron chi connectivity index (χ1n) is 8.22. The zero-order chi connectivity index (χ0) is 17.4. The molecule has 1 atom stereocenters. The first-order chi connectivity index (χ1) is 12.1. The minimum Gasteiger partial charge on any atom is -0.373 e. The molecule has 0 spiro atoms. The van der Waals surface area contributed by atoms with Crippen molar-refractivity contribution >= 4 is 21.4 Å². The Hall–Kier alpha value is -2.03. The lowest BCUT2D eigenvalue weighted by Crippen LogP contribution is -2.46. The summed E-state index contributed by atoms with van der Waals surface area (Å²) in [4.78, 5) is 9.86. The third kappa shape index (κ3) is 3.51. The number of fused-ring (bicyclic) bond motifs is 1. The van der Waals surface area contributed by atoms with Crippen LogP contribution < -0.4 is 4.90 Å². The third-order valence-corrected chi connectivity index (χ3v) is 5.13. The van der Waals surface area contributed by atoms with Gasteiger partial charge in [-0.3, -0.25) is 0 Å². The number of imidazole rings is 1. The van der Waals surface area contributed by atoms with Gasteiger partial charge in [-0.25, -0.2) is 13.9 Å².